The summed E-state index contributed by atoms with van der Waals surface area (Å²) < 4.78 is 4.82. The topological polar surface area (TPSA) is 22.2 Å². The van der Waals surface area contributed by atoms with Crippen molar-refractivity contribution in [2.45, 2.75) is 13.6 Å². The summed E-state index contributed by atoms with van der Waals surface area (Å²) >= 11 is 0. The Bertz CT molecular complexity index is 3310. The van der Waals surface area contributed by atoms with Crippen molar-refractivity contribution in [2.24, 2.45) is 4.99 Å². The molecule has 3 nitrogen and oxygen atoms in total. The molecule has 11 aromatic rings. The second-order valence-electron chi connectivity index (χ2n) is 14.8. The second-order valence-corrected chi connectivity index (χ2v) is 14.8. The van der Waals surface area contributed by atoms with Crippen molar-refractivity contribution in [1.82, 2.24) is 9.13 Å². The van der Waals surface area contributed by atoms with Crippen LogP contribution in [0.1, 0.15) is 18.1 Å². The highest BCUT2D eigenvalue weighted by atomic mass is 15.1. The van der Waals surface area contributed by atoms with Crippen LogP contribution in [0.5, 0.6) is 0 Å². The molecular formula is C53H37N3. The van der Waals surface area contributed by atoms with E-state index in [2.05, 4.69) is 210 Å². The fraction of sp³-hybridized carbons (Fsp3) is 0.0377. The normalized spacial score (nSPS) is 12.7. The van der Waals surface area contributed by atoms with Gasteiger partial charge in [0.05, 0.1) is 27.8 Å². The van der Waals surface area contributed by atoms with E-state index in [1.807, 2.05) is 0 Å². The zero-order valence-corrected chi connectivity index (χ0v) is 31.0. The van der Waals surface area contributed by atoms with Crippen LogP contribution in [0.2, 0.25) is 0 Å². The van der Waals surface area contributed by atoms with Gasteiger partial charge in [-0.25, -0.2) is 0 Å². The van der Waals surface area contributed by atoms with Gasteiger partial charge in [-0.1, -0.05) is 140 Å². The third kappa shape index (κ3) is 5.09. The van der Waals surface area contributed by atoms with Crippen molar-refractivity contribution < 1.29 is 0 Å². The van der Waals surface area contributed by atoms with E-state index in [-0.39, 0.29) is 0 Å². The van der Waals surface area contributed by atoms with Crippen molar-refractivity contribution >= 4 is 76.4 Å². The molecule has 0 atom stereocenters. The molecule has 0 radical (unpaired) electrons. The maximum atomic E-state index is 5.43. The molecule has 2 aromatic heterocycles. The fourth-order valence-electron chi connectivity index (χ4n) is 8.94. The lowest BCUT2D eigenvalue weighted by Gasteiger charge is -2.11. The highest BCUT2D eigenvalue weighted by Crippen LogP contribution is 2.45. The van der Waals surface area contributed by atoms with Gasteiger partial charge in [0.15, 0.2) is 0 Å². The molecule has 0 amide bonds. The van der Waals surface area contributed by atoms with E-state index in [0.717, 1.165) is 11.3 Å². The molecule has 0 saturated heterocycles. The standard InChI is InChI=1S/C53H37N3/c1-35(38-20-13-21-39(31-38)36-16-5-2-6-17-36)30-47(37-18-7-3-8-19-37)54-34-55-49-28-14-25-42-44-32-46-41-24-11-12-27-48(41)56(40-22-9-4-10-23-40)51(46)33-45(44)43-26-15-29-50(55)53(43)52(42)49/h2-33H,34H2,1H3/b35-30+,54-47+. The first-order valence-electron chi connectivity index (χ1n) is 19.3. The Labute approximate surface area is 325 Å². The number of hydrogen-bond acceptors (Lipinski definition) is 1. The molecule has 0 N–H and O–H groups in total. The minimum Gasteiger partial charge on any atom is -0.320 e. The van der Waals surface area contributed by atoms with Gasteiger partial charge in [0.25, 0.3) is 0 Å². The molecule has 0 unspecified atom stereocenters. The number of aromatic nitrogens is 2. The first-order valence-corrected chi connectivity index (χ1v) is 19.3. The van der Waals surface area contributed by atoms with Gasteiger partial charge < -0.3 is 9.13 Å². The van der Waals surface area contributed by atoms with Crippen LogP contribution in [0, 0.1) is 0 Å². The predicted molar refractivity (Wildman–Crippen MR) is 238 cm³/mol. The van der Waals surface area contributed by atoms with Crippen molar-refractivity contribution in [3.63, 3.8) is 0 Å². The van der Waals surface area contributed by atoms with Crippen molar-refractivity contribution in [1.29, 1.82) is 0 Å². The molecule has 0 spiro atoms. The minimum atomic E-state index is 0.493. The van der Waals surface area contributed by atoms with Crippen molar-refractivity contribution in [3.05, 3.63) is 205 Å². The van der Waals surface area contributed by atoms with E-state index in [1.54, 1.807) is 0 Å². The van der Waals surface area contributed by atoms with Crippen LogP contribution < -0.4 is 0 Å². The van der Waals surface area contributed by atoms with Crippen molar-refractivity contribution in [3.8, 4) is 16.8 Å². The molecule has 11 rings (SSSR count). The second kappa shape index (κ2) is 13.0. The molecule has 0 aliphatic heterocycles. The van der Waals surface area contributed by atoms with Gasteiger partial charge in [0.1, 0.15) is 6.67 Å². The highest BCUT2D eigenvalue weighted by molar-refractivity contribution is 6.35. The summed E-state index contributed by atoms with van der Waals surface area (Å²) in [5.74, 6) is 0. The molecule has 9 aromatic carbocycles. The Morgan fingerprint density at radius 2 is 1.00 bits per heavy atom. The predicted octanol–water partition coefficient (Wildman–Crippen LogP) is 13.9. The fourth-order valence-corrected chi connectivity index (χ4v) is 8.94. The first kappa shape index (κ1) is 32.2. The van der Waals surface area contributed by atoms with Crippen LogP contribution in [0.15, 0.2) is 199 Å². The average molecular weight is 716 g/mol. The smallest absolute Gasteiger partial charge is 0.115 e. The number of fused-ring (bicyclic) bond motifs is 6. The lowest BCUT2D eigenvalue weighted by Crippen LogP contribution is -2.03. The first-order chi connectivity index (χ1) is 27.7. The Morgan fingerprint density at radius 1 is 0.446 bits per heavy atom. The maximum Gasteiger partial charge on any atom is 0.115 e. The monoisotopic (exact) mass is 715 g/mol. The van der Waals surface area contributed by atoms with Crippen LogP contribution in [0.3, 0.4) is 0 Å². The van der Waals surface area contributed by atoms with Crippen LogP contribution in [0.4, 0.5) is 0 Å². The van der Waals surface area contributed by atoms with E-state index >= 15 is 0 Å². The maximum absolute atomic E-state index is 5.43. The lowest BCUT2D eigenvalue weighted by atomic mass is 9.93. The van der Waals surface area contributed by atoms with Gasteiger partial charge in [0.2, 0.25) is 0 Å². The Morgan fingerprint density at radius 3 is 1.73 bits per heavy atom. The molecular weight excluding hydrogens is 679 g/mol. The SMILES string of the molecule is C/C(=C\C(=N/Cn1c2cccc3c4cc5c6ccccc6n(-c6ccccc6)c5cc4c4cccc1c4c32)c1ccccc1)c1cccc(-c2ccccc2)c1. The third-order valence-electron chi connectivity index (χ3n) is 11.6. The van der Waals surface area contributed by atoms with E-state index < -0.39 is 0 Å². The summed E-state index contributed by atoms with van der Waals surface area (Å²) in [5.41, 5.74) is 12.9. The number of benzene rings is 9. The average Bonchev–Trinajstić information content (AvgIpc) is 3.77. The van der Waals surface area contributed by atoms with Gasteiger partial charge in [-0.05, 0) is 111 Å². The summed E-state index contributed by atoms with van der Waals surface area (Å²) in [5, 5.41) is 10.2. The zero-order chi connectivity index (χ0) is 37.2. The number of para-hydroxylation sites is 2. The van der Waals surface area contributed by atoms with E-state index in [9.17, 15) is 0 Å². The van der Waals surface area contributed by atoms with Gasteiger partial charge in [0, 0.05) is 27.2 Å². The lowest BCUT2D eigenvalue weighted by molar-refractivity contribution is 0.794. The number of nitrogens with zero attached hydrogens (tertiary/aromatic N) is 3. The summed E-state index contributed by atoms with van der Waals surface area (Å²) in [6.07, 6.45) is 2.25. The van der Waals surface area contributed by atoms with Crippen LogP contribution in [0.25, 0.3) is 87.5 Å². The minimum absolute atomic E-state index is 0.493. The zero-order valence-electron chi connectivity index (χ0n) is 31.0. The van der Waals surface area contributed by atoms with Crippen molar-refractivity contribution in [2.75, 3.05) is 0 Å². The van der Waals surface area contributed by atoms with Crippen LogP contribution >= 0.6 is 0 Å². The van der Waals surface area contributed by atoms with Crippen LogP contribution in [-0.2, 0) is 6.67 Å². The van der Waals surface area contributed by atoms with E-state index in [4.69, 9.17) is 4.99 Å². The molecule has 0 aliphatic carbocycles. The number of rotatable bonds is 7. The summed E-state index contributed by atoms with van der Waals surface area (Å²) in [6, 6.07) is 67.9. The largest absolute Gasteiger partial charge is 0.320 e. The van der Waals surface area contributed by atoms with Crippen LogP contribution in [-0.4, -0.2) is 14.8 Å². The van der Waals surface area contributed by atoms with Gasteiger partial charge >= 0.3 is 0 Å². The van der Waals surface area contributed by atoms with E-state index in [0.29, 0.717) is 6.67 Å². The number of allylic oxidation sites excluding steroid dienone is 2. The molecule has 3 heteroatoms. The molecule has 0 aliphatic rings. The molecule has 0 fully saturated rings. The summed E-state index contributed by atoms with van der Waals surface area (Å²) in [4.78, 5) is 5.43. The Hall–Kier alpha value is -7.23. The van der Waals surface area contributed by atoms with E-state index in [1.165, 1.54) is 93.1 Å². The molecule has 264 valence electrons. The molecule has 0 saturated carbocycles. The molecule has 56 heavy (non-hydrogen) atoms. The Kier molecular flexibility index (Phi) is 7.46. The molecule has 2 heterocycles. The quantitative estimate of drug-likeness (QED) is 0.116. The summed E-state index contributed by atoms with van der Waals surface area (Å²) in [7, 11) is 0. The van der Waals surface area contributed by atoms with Gasteiger partial charge in [-0.2, -0.15) is 0 Å². The highest BCUT2D eigenvalue weighted by Gasteiger charge is 2.21. The number of aliphatic imine (C=N–C) groups is 1. The summed E-state index contributed by atoms with van der Waals surface area (Å²) in [6.45, 7) is 2.68. The number of hydrogen-bond donors (Lipinski definition) is 0. The third-order valence-corrected chi connectivity index (χ3v) is 11.6. The van der Waals surface area contributed by atoms with Gasteiger partial charge in [-0.3, -0.25) is 4.99 Å². The van der Waals surface area contributed by atoms with Gasteiger partial charge in [-0.15, -0.1) is 0 Å². The molecule has 0 bridgehead atoms. The Balaban J connectivity index is 1.10.